The highest BCUT2D eigenvalue weighted by molar-refractivity contribution is 8.07. The molecule has 19 nitrogen and oxygen atoms in total. The van der Waals surface area contributed by atoms with Crippen LogP contribution in [0.5, 0.6) is 0 Å². The second kappa shape index (κ2) is 10.8. The van der Waals surface area contributed by atoms with Gasteiger partial charge in [-0.25, -0.2) is 32.9 Å². The zero-order chi connectivity index (χ0) is 31.0. The number of nitrogens with zero attached hydrogens (tertiary/aromatic N) is 8. The molecule has 0 aliphatic carbocycles. The first-order chi connectivity index (χ1) is 20.9. The van der Waals surface area contributed by atoms with Crippen molar-refractivity contribution in [2.24, 2.45) is 15.0 Å². The van der Waals surface area contributed by atoms with Crippen LogP contribution in [0.2, 0.25) is 0 Å². The van der Waals surface area contributed by atoms with Gasteiger partial charge in [0.15, 0.2) is 42.3 Å². The molecule has 3 saturated heterocycles. The second-order valence-corrected chi connectivity index (χ2v) is 14.1. The van der Waals surface area contributed by atoms with Crippen LogP contribution in [0.4, 0.5) is 14.6 Å². The van der Waals surface area contributed by atoms with Crippen molar-refractivity contribution in [2.45, 2.75) is 55.3 Å². The summed E-state index contributed by atoms with van der Waals surface area (Å²) < 4.78 is 88.5. The first-order valence-electron chi connectivity index (χ1n) is 12.7. The number of carbonyl (C=O) groups is 1. The molecule has 7 heterocycles. The maximum absolute atomic E-state index is 15.9. The molecule has 4 N–H and O–H groups in total. The summed E-state index contributed by atoms with van der Waals surface area (Å²) in [5.74, 6) is -0.611. The molecule has 0 bridgehead atoms. The molecule has 3 fully saturated rings. The number of hydrogen-bond donors (Lipinski definition) is 3. The van der Waals surface area contributed by atoms with Gasteiger partial charge in [0.1, 0.15) is 48.4 Å². The largest absolute Gasteiger partial charge is 0.382 e. The van der Waals surface area contributed by atoms with Crippen LogP contribution in [-0.2, 0) is 49.6 Å². The van der Waals surface area contributed by atoms with Crippen LogP contribution < -0.4 is 10.5 Å². The van der Waals surface area contributed by atoms with Crippen molar-refractivity contribution >= 4 is 70.2 Å². The summed E-state index contributed by atoms with van der Waals surface area (Å²) in [6.07, 6.45) is -9.24. The van der Waals surface area contributed by atoms with Gasteiger partial charge in [-0.05, 0) is 11.8 Å². The highest BCUT2D eigenvalue weighted by Gasteiger charge is 2.55. The number of aliphatic imine (C=N–C) groups is 3. The van der Waals surface area contributed by atoms with Gasteiger partial charge in [-0.3, -0.25) is 23.8 Å². The molecule has 5 aliphatic heterocycles. The summed E-state index contributed by atoms with van der Waals surface area (Å²) in [5.41, 5.74) is 6.09. The van der Waals surface area contributed by atoms with Crippen molar-refractivity contribution in [3.63, 3.8) is 0 Å². The average Bonchev–Trinajstić information content (AvgIpc) is 3.73. The number of anilines is 1. The third-order valence-electron chi connectivity index (χ3n) is 7.28. The van der Waals surface area contributed by atoms with E-state index in [9.17, 15) is 18.1 Å². The molecule has 0 spiro atoms. The number of alkyl halides is 2. The van der Waals surface area contributed by atoms with Crippen molar-refractivity contribution in [2.75, 3.05) is 18.9 Å². The Bertz CT molecular complexity index is 1760. The van der Waals surface area contributed by atoms with Gasteiger partial charge in [-0.1, -0.05) is 0 Å². The highest BCUT2D eigenvalue weighted by atomic mass is 32.5. The van der Waals surface area contributed by atoms with Crippen LogP contribution in [0, 0.1) is 0 Å². The smallest absolute Gasteiger partial charge is 0.336 e. The SMILES string of the molecule is Nc1ncnc2c1ncn2[C@@H]1O[C@@H]2CNS(=O)(=O)O[C@H]3[C@@H](F)[C@H](N4C=NC5C(=O)N=CN=C54)O[C@@H]3COP(O)(=S)O[C@H]2[C@H]1F. The minimum absolute atomic E-state index is 0.000750. The van der Waals surface area contributed by atoms with Crippen LogP contribution in [0.25, 0.3) is 11.2 Å². The third-order valence-corrected chi connectivity index (χ3v) is 9.84. The maximum atomic E-state index is 15.9. The third kappa shape index (κ3) is 5.11. The molecule has 24 heteroatoms. The Morgan fingerprint density at radius 3 is 2.73 bits per heavy atom. The van der Waals surface area contributed by atoms with Crippen LogP contribution in [0.15, 0.2) is 27.6 Å². The summed E-state index contributed by atoms with van der Waals surface area (Å²) in [7, 11) is -4.75. The molecule has 236 valence electrons. The lowest BCUT2D eigenvalue weighted by atomic mass is 10.1. The number of aromatic nitrogens is 4. The Labute approximate surface area is 250 Å². The molecule has 0 radical (unpaired) electrons. The number of nitrogens with two attached hydrogens (primary N) is 1. The van der Waals surface area contributed by atoms with Crippen LogP contribution in [-0.4, -0.2) is 124 Å². The van der Waals surface area contributed by atoms with E-state index in [0.717, 1.165) is 23.9 Å². The van der Waals surface area contributed by atoms with E-state index in [2.05, 4.69) is 34.7 Å². The Morgan fingerprint density at radius 2 is 1.91 bits per heavy atom. The lowest BCUT2D eigenvalue weighted by molar-refractivity contribution is -0.117. The van der Waals surface area contributed by atoms with Crippen molar-refractivity contribution in [1.29, 1.82) is 0 Å². The minimum Gasteiger partial charge on any atom is -0.382 e. The minimum atomic E-state index is -4.75. The van der Waals surface area contributed by atoms with E-state index in [-0.39, 0.29) is 22.8 Å². The van der Waals surface area contributed by atoms with E-state index in [0.29, 0.717) is 0 Å². The molecule has 0 saturated carbocycles. The Morgan fingerprint density at radius 1 is 1.14 bits per heavy atom. The summed E-state index contributed by atoms with van der Waals surface area (Å²) in [4.78, 5) is 47.4. The predicted octanol–water partition coefficient (Wildman–Crippen LogP) is -1.76. The van der Waals surface area contributed by atoms with Gasteiger partial charge >= 0.3 is 17.0 Å². The van der Waals surface area contributed by atoms with E-state index in [1.165, 1.54) is 10.9 Å². The number of halogens is 2. The highest BCUT2D eigenvalue weighted by Crippen LogP contribution is 2.50. The number of hydrogen-bond acceptors (Lipinski definition) is 16. The molecule has 0 aromatic carbocycles. The van der Waals surface area contributed by atoms with Gasteiger partial charge in [0.25, 0.3) is 5.91 Å². The van der Waals surface area contributed by atoms with Crippen molar-refractivity contribution in [3.8, 4) is 0 Å². The van der Waals surface area contributed by atoms with Crippen molar-refractivity contribution < 1.29 is 49.6 Å². The normalized spacial score (nSPS) is 40.2. The lowest BCUT2D eigenvalue weighted by Gasteiger charge is -2.27. The summed E-state index contributed by atoms with van der Waals surface area (Å²) in [6.45, 7) is -5.68. The van der Waals surface area contributed by atoms with E-state index in [4.69, 9.17) is 40.2 Å². The van der Waals surface area contributed by atoms with Crippen LogP contribution in [0.1, 0.15) is 6.23 Å². The van der Waals surface area contributed by atoms with Gasteiger partial charge in [0, 0.05) is 6.54 Å². The van der Waals surface area contributed by atoms with E-state index in [1.807, 2.05) is 0 Å². The Hall–Kier alpha value is -2.99. The first-order valence-corrected chi connectivity index (χ1v) is 16.7. The second-order valence-electron chi connectivity index (χ2n) is 9.94. The molecular formula is C20H21F2N10O9PS2. The van der Waals surface area contributed by atoms with E-state index >= 15 is 8.78 Å². The average molecular weight is 679 g/mol. The maximum Gasteiger partial charge on any atom is 0.336 e. The number of amidine groups is 1. The molecule has 2 aromatic rings. The molecule has 2 unspecified atom stereocenters. The molecule has 2 aromatic heterocycles. The summed E-state index contributed by atoms with van der Waals surface area (Å²) in [5, 5.41) is 0. The molecule has 7 rings (SSSR count). The topological polar surface area (TPSA) is 240 Å². The Kier molecular flexibility index (Phi) is 7.31. The van der Waals surface area contributed by atoms with Gasteiger partial charge < -0.3 is 24.6 Å². The van der Waals surface area contributed by atoms with Crippen molar-refractivity contribution in [3.05, 3.63) is 12.7 Å². The molecule has 10 atom stereocenters. The van der Waals surface area contributed by atoms with Crippen molar-refractivity contribution in [1.82, 2.24) is 29.1 Å². The lowest BCUT2D eigenvalue weighted by Crippen LogP contribution is -2.48. The summed E-state index contributed by atoms with van der Waals surface area (Å²) >= 11 is 5.11. The monoisotopic (exact) mass is 678 g/mol. The van der Waals surface area contributed by atoms with Gasteiger partial charge in [-0.15, -0.1) is 0 Å². The predicted molar refractivity (Wildman–Crippen MR) is 146 cm³/mol. The zero-order valence-electron chi connectivity index (χ0n) is 21.8. The van der Waals surface area contributed by atoms with E-state index in [1.54, 1.807) is 0 Å². The molecule has 44 heavy (non-hydrogen) atoms. The van der Waals surface area contributed by atoms with E-state index < -0.39 is 91.3 Å². The van der Waals surface area contributed by atoms with Gasteiger partial charge in [0.05, 0.1) is 19.3 Å². The number of fused-ring (bicyclic) bond motifs is 4. The fraction of sp³-hybridized carbons (Fsp3) is 0.550. The first kappa shape index (κ1) is 29.7. The Balaban J connectivity index is 1.14. The van der Waals surface area contributed by atoms with Crippen LogP contribution in [0.3, 0.4) is 0 Å². The van der Waals surface area contributed by atoms with Gasteiger partial charge in [-0.2, -0.15) is 18.1 Å². The zero-order valence-corrected chi connectivity index (χ0v) is 24.3. The van der Waals surface area contributed by atoms with Crippen LogP contribution >= 0.6 is 6.72 Å². The fourth-order valence-electron chi connectivity index (χ4n) is 5.28. The number of nitrogen functional groups attached to an aromatic ring is 1. The quantitative estimate of drug-likeness (QED) is 0.298. The molecule has 5 aliphatic rings. The number of ether oxygens (including phenoxy) is 2. The number of carbonyl (C=O) groups excluding carboxylic acids is 1. The molecular weight excluding hydrogens is 657 g/mol. The molecule has 1 amide bonds. The van der Waals surface area contributed by atoms with Gasteiger partial charge in [0.2, 0.25) is 0 Å². The number of amides is 1. The number of imidazole rings is 1. The number of nitrogens with one attached hydrogen (secondary N) is 1. The number of rotatable bonds is 2. The summed E-state index contributed by atoms with van der Waals surface area (Å²) in [6, 6.07) is -1.12. The standard InChI is InChI=1S/C20H21F2N10O9PS2/c21-9-13-7(38-19(9)31-5-28-11-15(23)24-3-25-16(11)31)1-30-44(35,36)41-14-8(2-37-42(34,43)40-13)39-20(10(14)22)32-6-29-12-17(32)26-4-27-18(12)33/h3-10,12-14,19-20,30H,1-2H2,(H,34,43)(H2,23,24,25)/t7-,8-,9-,10-,12?,13-,14-,19-,20-,42?/m1/s1. The fourth-order valence-corrected chi connectivity index (χ4v) is 7.67.